The molecule has 0 fully saturated rings. The van der Waals surface area contributed by atoms with Crippen LogP contribution < -0.4 is 0 Å². The highest BCUT2D eigenvalue weighted by Crippen LogP contribution is 2.06. The van der Waals surface area contributed by atoms with Crippen LogP contribution in [0.5, 0.6) is 0 Å². The number of carboxylic acid groups (broad SMARTS) is 1. The molecule has 3 N–H and O–H groups in total. The van der Waals surface area contributed by atoms with E-state index in [0.29, 0.717) is 6.42 Å². The van der Waals surface area contributed by atoms with Gasteiger partial charge in [0.2, 0.25) is 0 Å². The minimum atomic E-state index is -1.39. The predicted molar refractivity (Wildman–Crippen MR) is 34.3 cm³/mol. The number of carboxylic acids is 1. The lowest BCUT2D eigenvalue weighted by Gasteiger charge is -2.05. The third kappa shape index (κ3) is 4.29. The van der Waals surface area contributed by atoms with Gasteiger partial charge in [0.1, 0.15) is 0 Å². The summed E-state index contributed by atoms with van der Waals surface area (Å²) in [5.41, 5.74) is 0. The standard InChI is InChI=1S/C6H12O4/c1-4(6(9)10)2-3-5(7)8/h4-5,7-8H,2-3H2,1H3,(H,9,10). The Balaban J connectivity index is 3.40. The Kier molecular flexibility index (Phi) is 3.99. The molecule has 10 heavy (non-hydrogen) atoms. The van der Waals surface area contributed by atoms with Gasteiger partial charge in [-0.3, -0.25) is 4.79 Å². The van der Waals surface area contributed by atoms with Gasteiger partial charge in [-0.25, -0.2) is 0 Å². The van der Waals surface area contributed by atoms with Crippen molar-refractivity contribution in [2.75, 3.05) is 0 Å². The second kappa shape index (κ2) is 4.24. The Morgan fingerprint density at radius 3 is 2.20 bits per heavy atom. The zero-order valence-corrected chi connectivity index (χ0v) is 5.82. The lowest BCUT2D eigenvalue weighted by molar-refractivity contribution is -0.141. The molecule has 0 radical (unpaired) electrons. The molecule has 0 aliphatic heterocycles. The van der Waals surface area contributed by atoms with Gasteiger partial charge in [-0.1, -0.05) is 6.92 Å². The van der Waals surface area contributed by atoms with Crippen molar-refractivity contribution in [2.24, 2.45) is 5.92 Å². The van der Waals surface area contributed by atoms with Crippen LogP contribution in [0, 0.1) is 5.92 Å². The quantitative estimate of drug-likeness (QED) is 0.482. The van der Waals surface area contributed by atoms with Crippen LogP contribution in [-0.2, 0) is 4.79 Å². The van der Waals surface area contributed by atoms with E-state index in [0.717, 1.165) is 0 Å². The molecule has 0 aliphatic rings. The summed E-state index contributed by atoms with van der Waals surface area (Å²) in [4.78, 5) is 10.1. The van der Waals surface area contributed by atoms with E-state index in [1.54, 1.807) is 0 Å². The maximum absolute atomic E-state index is 10.1. The van der Waals surface area contributed by atoms with E-state index < -0.39 is 18.2 Å². The lowest BCUT2D eigenvalue weighted by Crippen LogP contribution is -2.13. The van der Waals surface area contributed by atoms with E-state index >= 15 is 0 Å². The van der Waals surface area contributed by atoms with E-state index in [1.165, 1.54) is 6.92 Å². The number of aliphatic hydroxyl groups is 2. The molecular formula is C6H12O4. The third-order valence-corrected chi connectivity index (χ3v) is 1.28. The second-order valence-corrected chi connectivity index (χ2v) is 2.30. The van der Waals surface area contributed by atoms with Crippen LogP contribution in [0.2, 0.25) is 0 Å². The molecule has 0 spiro atoms. The van der Waals surface area contributed by atoms with Crippen molar-refractivity contribution in [3.8, 4) is 0 Å². The summed E-state index contributed by atoms with van der Waals surface area (Å²) in [6, 6.07) is 0. The smallest absolute Gasteiger partial charge is 0.306 e. The van der Waals surface area contributed by atoms with E-state index in [4.69, 9.17) is 15.3 Å². The lowest BCUT2D eigenvalue weighted by atomic mass is 10.1. The molecule has 0 heterocycles. The van der Waals surface area contributed by atoms with Crippen molar-refractivity contribution in [1.29, 1.82) is 0 Å². The first-order valence-corrected chi connectivity index (χ1v) is 3.13. The summed E-state index contributed by atoms with van der Waals surface area (Å²) >= 11 is 0. The molecule has 0 saturated carbocycles. The molecule has 1 unspecified atom stereocenters. The molecular weight excluding hydrogens is 136 g/mol. The monoisotopic (exact) mass is 148 g/mol. The van der Waals surface area contributed by atoms with Crippen LogP contribution in [-0.4, -0.2) is 27.6 Å². The van der Waals surface area contributed by atoms with Crippen molar-refractivity contribution >= 4 is 5.97 Å². The Labute approximate surface area is 59.1 Å². The van der Waals surface area contributed by atoms with Crippen LogP contribution in [0.3, 0.4) is 0 Å². The summed E-state index contributed by atoms with van der Waals surface area (Å²) in [5.74, 6) is -1.40. The van der Waals surface area contributed by atoms with Gasteiger partial charge in [-0.05, 0) is 12.8 Å². The molecule has 0 amide bonds. The van der Waals surface area contributed by atoms with Gasteiger partial charge in [-0.2, -0.15) is 0 Å². The number of aliphatic carboxylic acids is 1. The van der Waals surface area contributed by atoms with Crippen LogP contribution >= 0.6 is 0 Å². The van der Waals surface area contributed by atoms with Crippen LogP contribution in [0.4, 0.5) is 0 Å². The number of aliphatic hydroxyl groups excluding tert-OH is 1. The van der Waals surface area contributed by atoms with Crippen LogP contribution in [0.25, 0.3) is 0 Å². The molecule has 1 atom stereocenters. The van der Waals surface area contributed by atoms with Gasteiger partial charge in [0.15, 0.2) is 6.29 Å². The fourth-order valence-electron chi connectivity index (χ4n) is 0.523. The molecule has 0 rings (SSSR count). The third-order valence-electron chi connectivity index (χ3n) is 1.28. The Morgan fingerprint density at radius 1 is 1.40 bits per heavy atom. The molecule has 0 bridgehead atoms. The highest BCUT2D eigenvalue weighted by Gasteiger charge is 2.11. The topological polar surface area (TPSA) is 77.8 Å². The highest BCUT2D eigenvalue weighted by molar-refractivity contribution is 5.69. The van der Waals surface area contributed by atoms with Crippen molar-refractivity contribution in [2.45, 2.75) is 26.1 Å². The minimum absolute atomic E-state index is 0.119. The van der Waals surface area contributed by atoms with Crippen molar-refractivity contribution in [3.63, 3.8) is 0 Å². The van der Waals surface area contributed by atoms with Crippen molar-refractivity contribution in [3.05, 3.63) is 0 Å². The molecule has 0 aromatic carbocycles. The molecule has 4 nitrogen and oxygen atoms in total. The minimum Gasteiger partial charge on any atom is -0.481 e. The number of rotatable bonds is 4. The van der Waals surface area contributed by atoms with Crippen molar-refractivity contribution < 1.29 is 20.1 Å². The zero-order valence-electron chi connectivity index (χ0n) is 5.82. The Bertz CT molecular complexity index is 110. The summed E-state index contributed by atoms with van der Waals surface area (Å²) in [6.07, 6.45) is -0.970. The summed E-state index contributed by atoms with van der Waals surface area (Å²) < 4.78 is 0. The first-order chi connectivity index (χ1) is 4.54. The molecule has 0 saturated heterocycles. The fraction of sp³-hybridized carbons (Fsp3) is 0.833. The number of carbonyl (C=O) groups is 1. The Hall–Kier alpha value is -0.610. The van der Waals surface area contributed by atoms with Gasteiger partial charge in [0.25, 0.3) is 0 Å². The van der Waals surface area contributed by atoms with Gasteiger partial charge in [0.05, 0.1) is 5.92 Å². The van der Waals surface area contributed by atoms with Crippen LogP contribution in [0.1, 0.15) is 19.8 Å². The average molecular weight is 148 g/mol. The molecule has 0 aromatic rings. The summed E-state index contributed by atoms with van der Waals surface area (Å²) in [6.45, 7) is 1.53. The first kappa shape index (κ1) is 9.39. The molecule has 60 valence electrons. The fourth-order valence-corrected chi connectivity index (χ4v) is 0.523. The largest absolute Gasteiger partial charge is 0.481 e. The molecule has 4 heteroatoms. The maximum atomic E-state index is 10.1. The van der Waals surface area contributed by atoms with Crippen LogP contribution in [0.15, 0.2) is 0 Å². The average Bonchev–Trinajstić information content (AvgIpc) is 1.82. The number of hydrogen-bond donors (Lipinski definition) is 3. The second-order valence-electron chi connectivity index (χ2n) is 2.30. The van der Waals surface area contributed by atoms with Gasteiger partial charge in [0, 0.05) is 0 Å². The molecule has 0 aliphatic carbocycles. The SMILES string of the molecule is CC(CCC(O)O)C(=O)O. The Morgan fingerprint density at radius 2 is 1.90 bits per heavy atom. The first-order valence-electron chi connectivity index (χ1n) is 3.13. The van der Waals surface area contributed by atoms with E-state index in [-0.39, 0.29) is 6.42 Å². The van der Waals surface area contributed by atoms with Gasteiger partial charge in [-0.15, -0.1) is 0 Å². The zero-order chi connectivity index (χ0) is 8.15. The highest BCUT2D eigenvalue weighted by atomic mass is 16.5. The number of hydrogen-bond acceptors (Lipinski definition) is 3. The maximum Gasteiger partial charge on any atom is 0.306 e. The van der Waals surface area contributed by atoms with Crippen molar-refractivity contribution in [1.82, 2.24) is 0 Å². The summed E-state index contributed by atoms with van der Waals surface area (Å²) in [5, 5.41) is 25.0. The van der Waals surface area contributed by atoms with E-state index in [9.17, 15) is 4.79 Å². The van der Waals surface area contributed by atoms with E-state index in [2.05, 4.69) is 0 Å². The van der Waals surface area contributed by atoms with Gasteiger partial charge < -0.3 is 15.3 Å². The molecule has 0 aromatic heterocycles. The van der Waals surface area contributed by atoms with E-state index in [1.807, 2.05) is 0 Å². The van der Waals surface area contributed by atoms with Gasteiger partial charge >= 0.3 is 5.97 Å². The summed E-state index contributed by atoms with van der Waals surface area (Å²) in [7, 11) is 0. The normalized spacial score (nSPS) is 13.6. The predicted octanol–water partition coefficient (Wildman–Crippen LogP) is -0.202.